The Morgan fingerprint density at radius 3 is 2.21 bits per heavy atom. The largest absolute Gasteiger partial charge is 0.389 e. The topological polar surface area (TPSA) is 32.3 Å². The van der Waals surface area contributed by atoms with Gasteiger partial charge in [-0.25, -0.2) is 0 Å². The Kier molecular flexibility index (Phi) is 2.61. The van der Waals surface area contributed by atoms with Gasteiger partial charge < -0.3 is 10.4 Å². The summed E-state index contributed by atoms with van der Waals surface area (Å²) in [5.74, 6) is 0. The first kappa shape index (κ1) is 10.4. The second kappa shape index (κ2) is 3.49. The van der Waals surface area contributed by atoms with E-state index < -0.39 is 5.60 Å². The van der Waals surface area contributed by atoms with E-state index in [-0.39, 0.29) is 0 Å². The van der Waals surface area contributed by atoms with Gasteiger partial charge in [0.05, 0.1) is 5.60 Å². The van der Waals surface area contributed by atoms with E-state index in [4.69, 9.17) is 0 Å². The van der Waals surface area contributed by atoms with Crippen LogP contribution in [-0.4, -0.2) is 23.3 Å². The van der Waals surface area contributed by atoms with Crippen LogP contribution in [0.15, 0.2) is 0 Å². The van der Waals surface area contributed by atoms with Crippen molar-refractivity contribution in [2.75, 3.05) is 6.54 Å². The van der Waals surface area contributed by atoms with Gasteiger partial charge in [-0.1, -0.05) is 13.8 Å². The standard InChI is InChI=1S/C12H23NO/c1-11(2)5-7-12(14,8-6-11)9-13-10-3-4-10/h10,13-14H,3-9H2,1-2H3. The highest BCUT2D eigenvalue weighted by molar-refractivity contribution is 4.93. The highest BCUT2D eigenvalue weighted by Gasteiger charge is 2.37. The van der Waals surface area contributed by atoms with E-state index in [0.717, 1.165) is 32.2 Å². The summed E-state index contributed by atoms with van der Waals surface area (Å²) in [6.07, 6.45) is 6.88. The lowest BCUT2D eigenvalue weighted by Crippen LogP contribution is -2.45. The Balaban J connectivity index is 1.78. The zero-order valence-corrected chi connectivity index (χ0v) is 9.47. The van der Waals surface area contributed by atoms with Gasteiger partial charge >= 0.3 is 0 Å². The molecule has 0 bridgehead atoms. The molecule has 2 saturated carbocycles. The van der Waals surface area contributed by atoms with E-state index in [1.165, 1.54) is 12.8 Å². The molecule has 0 aliphatic heterocycles. The molecule has 0 radical (unpaired) electrons. The summed E-state index contributed by atoms with van der Waals surface area (Å²) in [4.78, 5) is 0. The molecule has 2 heteroatoms. The molecule has 0 amide bonds. The van der Waals surface area contributed by atoms with Crippen LogP contribution in [-0.2, 0) is 0 Å². The fourth-order valence-electron chi connectivity index (χ4n) is 2.19. The molecule has 0 aromatic carbocycles. The minimum Gasteiger partial charge on any atom is -0.389 e. The van der Waals surface area contributed by atoms with Crippen LogP contribution < -0.4 is 5.32 Å². The van der Waals surface area contributed by atoms with Crippen LogP contribution in [0, 0.1) is 5.41 Å². The highest BCUT2D eigenvalue weighted by Crippen LogP contribution is 2.40. The Morgan fingerprint density at radius 2 is 1.71 bits per heavy atom. The van der Waals surface area contributed by atoms with E-state index in [1.54, 1.807) is 0 Å². The molecule has 0 aromatic heterocycles. The van der Waals surface area contributed by atoms with Crippen molar-refractivity contribution in [3.8, 4) is 0 Å². The van der Waals surface area contributed by atoms with Crippen LogP contribution in [0.25, 0.3) is 0 Å². The van der Waals surface area contributed by atoms with Gasteiger partial charge in [0.15, 0.2) is 0 Å². The van der Waals surface area contributed by atoms with E-state index in [9.17, 15) is 5.11 Å². The van der Waals surface area contributed by atoms with Crippen molar-refractivity contribution in [1.29, 1.82) is 0 Å². The van der Waals surface area contributed by atoms with Crippen molar-refractivity contribution in [3.63, 3.8) is 0 Å². The van der Waals surface area contributed by atoms with Crippen LogP contribution in [0.4, 0.5) is 0 Å². The summed E-state index contributed by atoms with van der Waals surface area (Å²) in [5.41, 5.74) is 0.0456. The second-order valence-electron chi connectivity index (χ2n) is 6.04. The zero-order valence-electron chi connectivity index (χ0n) is 9.47. The van der Waals surface area contributed by atoms with Gasteiger partial charge in [-0.15, -0.1) is 0 Å². The fourth-order valence-corrected chi connectivity index (χ4v) is 2.19. The molecule has 0 aromatic rings. The number of hydrogen-bond donors (Lipinski definition) is 2. The third kappa shape index (κ3) is 2.71. The minimum atomic E-state index is -0.405. The first-order valence-electron chi connectivity index (χ1n) is 5.95. The van der Waals surface area contributed by atoms with Gasteiger partial charge in [-0.3, -0.25) is 0 Å². The van der Waals surface area contributed by atoms with Crippen LogP contribution >= 0.6 is 0 Å². The average molecular weight is 197 g/mol. The molecule has 0 spiro atoms. The predicted octanol–water partition coefficient (Wildman–Crippen LogP) is 2.07. The summed E-state index contributed by atoms with van der Waals surface area (Å²) >= 11 is 0. The van der Waals surface area contributed by atoms with E-state index >= 15 is 0 Å². The van der Waals surface area contributed by atoms with Gasteiger partial charge in [0, 0.05) is 12.6 Å². The molecule has 82 valence electrons. The molecule has 2 aliphatic carbocycles. The fraction of sp³-hybridized carbons (Fsp3) is 1.00. The van der Waals surface area contributed by atoms with E-state index in [1.807, 2.05) is 0 Å². The number of hydrogen-bond acceptors (Lipinski definition) is 2. The number of aliphatic hydroxyl groups is 1. The van der Waals surface area contributed by atoms with Crippen LogP contribution in [0.3, 0.4) is 0 Å². The third-order valence-corrected chi connectivity index (χ3v) is 3.83. The molecule has 2 aliphatic rings. The predicted molar refractivity (Wildman–Crippen MR) is 58.2 cm³/mol. The molecule has 2 nitrogen and oxygen atoms in total. The summed E-state index contributed by atoms with van der Waals surface area (Å²) in [7, 11) is 0. The highest BCUT2D eigenvalue weighted by atomic mass is 16.3. The smallest absolute Gasteiger partial charge is 0.0772 e. The number of nitrogens with one attached hydrogen (secondary N) is 1. The lowest BCUT2D eigenvalue weighted by molar-refractivity contribution is -0.0245. The monoisotopic (exact) mass is 197 g/mol. The van der Waals surface area contributed by atoms with E-state index in [2.05, 4.69) is 19.2 Å². The molecular weight excluding hydrogens is 174 g/mol. The van der Waals surface area contributed by atoms with Crippen molar-refractivity contribution < 1.29 is 5.11 Å². The van der Waals surface area contributed by atoms with Crippen molar-refractivity contribution in [3.05, 3.63) is 0 Å². The molecule has 0 heterocycles. The number of rotatable bonds is 3. The molecule has 0 atom stereocenters. The summed E-state index contributed by atoms with van der Waals surface area (Å²) in [5, 5.41) is 13.8. The normalized spacial score (nSPS) is 30.2. The molecule has 0 unspecified atom stereocenters. The van der Waals surface area contributed by atoms with Crippen LogP contribution in [0.5, 0.6) is 0 Å². The van der Waals surface area contributed by atoms with Crippen LogP contribution in [0.1, 0.15) is 52.4 Å². The SMILES string of the molecule is CC1(C)CCC(O)(CNC2CC2)CC1. The Morgan fingerprint density at radius 1 is 1.14 bits per heavy atom. The molecule has 14 heavy (non-hydrogen) atoms. The lowest BCUT2D eigenvalue weighted by Gasteiger charge is -2.40. The lowest BCUT2D eigenvalue weighted by atomic mass is 9.71. The van der Waals surface area contributed by atoms with Crippen molar-refractivity contribution in [2.45, 2.75) is 64.0 Å². The first-order valence-corrected chi connectivity index (χ1v) is 5.95. The quantitative estimate of drug-likeness (QED) is 0.726. The summed E-state index contributed by atoms with van der Waals surface area (Å²) < 4.78 is 0. The zero-order chi connectivity index (χ0) is 10.2. The first-order chi connectivity index (χ1) is 6.49. The van der Waals surface area contributed by atoms with Gasteiger partial charge in [0.25, 0.3) is 0 Å². The van der Waals surface area contributed by atoms with Gasteiger partial charge in [0.2, 0.25) is 0 Å². The minimum absolute atomic E-state index is 0.405. The average Bonchev–Trinajstić information content (AvgIpc) is 2.92. The Hall–Kier alpha value is -0.0800. The van der Waals surface area contributed by atoms with Gasteiger partial charge in [-0.05, 0) is 43.9 Å². The van der Waals surface area contributed by atoms with Crippen molar-refractivity contribution >= 4 is 0 Å². The summed E-state index contributed by atoms with van der Waals surface area (Å²) in [6, 6.07) is 0.717. The maximum atomic E-state index is 10.3. The Bertz CT molecular complexity index is 193. The maximum absolute atomic E-state index is 10.3. The Labute approximate surface area is 87.1 Å². The molecule has 2 fully saturated rings. The third-order valence-electron chi connectivity index (χ3n) is 3.83. The van der Waals surface area contributed by atoms with Gasteiger partial charge in [-0.2, -0.15) is 0 Å². The molecular formula is C12H23NO. The molecule has 2 N–H and O–H groups in total. The maximum Gasteiger partial charge on any atom is 0.0772 e. The molecule has 0 saturated heterocycles. The summed E-state index contributed by atoms with van der Waals surface area (Å²) in [6.45, 7) is 5.43. The molecule has 2 rings (SSSR count). The van der Waals surface area contributed by atoms with E-state index in [0.29, 0.717) is 11.5 Å². The van der Waals surface area contributed by atoms with Crippen LogP contribution in [0.2, 0.25) is 0 Å². The van der Waals surface area contributed by atoms with Crippen molar-refractivity contribution in [1.82, 2.24) is 5.32 Å². The second-order valence-corrected chi connectivity index (χ2v) is 6.04. The van der Waals surface area contributed by atoms with Gasteiger partial charge in [0.1, 0.15) is 0 Å². The van der Waals surface area contributed by atoms with Crippen molar-refractivity contribution in [2.24, 2.45) is 5.41 Å².